The number of hydrogen-bond acceptors (Lipinski definition) is 7. The van der Waals surface area contributed by atoms with Crippen LogP contribution in [0.3, 0.4) is 0 Å². The number of alkyl halides is 3. The topological polar surface area (TPSA) is 109 Å². The first kappa shape index (κ1) is 29.9. The van der Waals surface area contributed by atoms with Gasteiger partial charge >= 0.3 is 11.9 Å². The fourth-order valence-electron chi connectivity index (χ4n) is 4.37. The zero-order valence-electron chi connectivity index (χ0n) is 22.9. The van der Waals surface area contributed by atoms with Gasteiger partial charge in [0.05, 0.1) is 34.2 Å². The molecular weight excluding hydrogens is 584 g/mol. The molecule has 0 aliphatic heterocycles. The molecule has 5 rings (SSSR count). The van der Waals surface area contributed by atoms with E-state index >= 15 is 0 Å². The summed E-state index contributed by atoms with van der Waals surface area (Å²) in [6.07, 6.45) is -3.53. The maximum Gasteiger partial charge on any atom is 0.416 e. The van der Waals surface area contributed by atoms with E-state index in [1.54, 1.807) is 31.2 Å². The number of benzene rings is 4. The Morgan fingerprint density at radius 3 is 2.48 bits per heavy atom. The molecule has 0 unspecified atom stereocenters. The number of halogens is 4. The Balaban J connectivity index is 1.62. The van der Waals surface area contributed by atoms with Gasteiger partial charge in [-0.1, -0.05) is 42.5 Å². The van der Waals surface area contributed by atoms with Crippen molar-refractivity contribution in [2.75, 3.05) is 6.61 Å². The molecule has 0 saturated carbocycles. The van der Waals surface area contributed by atoms with Crippen molar-refractivity contribution >= 4 is 22.8 Å². The lowest BCUT2D eigenvalue weighted by molar-refractivity contribution is -0.386. The molecule has 44 heavy (non-hydrogen) atoms. The molecule has 5 aromatic rings. The zero-order chi connectivity index (χ0) is 31.4. The molecule has 0 bridgehead atoms. The van der Waals surface area contributed by atoms with Gasteiger partial charge in [-0.3, -0.25) is 14.9 Å². The molecule has 0 radical (unpaired) electrons. The number of fused-ring (bicyclic) bond motifs is 1. The van der Waals surface area contributed by atoms with E-state index in [0.29, 0.717) is 0 Å². The first-order valence-corrected chi connectivity index (χ1v) is 13.1. The van der Waals surface area contributed by atoms with Crippen LogP contribution < -0.4 is 15.0 Å². The molecule has 0 aliphatic rings. The van der Waals surface area contributed by atoms with E-state index < -0.39 is 33.7 Å². The van der Waals surface area contributed by atoms with E-state index in [1.165, 1.54) is 42.5 Å². The zero-order valence-corrected chi connectivity index (χ0v) is 22.9. The Morgan fingerprint density at radius 1 is 1.00 bits per heavy atom. The smallest absolute Gasteiger partial charge is 0.416 e. The van der Waals surface area contributed by atoms with Crippen LogP contribution in [0, 0.1) is 15.9 Å². The number of rotatable bonds is 9. The predicted molar refractivity (Wildman–Crippen MR) is 154 cm³/mol. The number of aromatic nitrogens is 2. The maximum atomic E-state index is 14.1. The lowest BCUT2D eigenvalue weighted by atomic mass is 10.1. The highest BCUT2D eigenvalue weighted by Crippen LogP contribution is 2.39. The molecule has 0 amide bonds. The monoisotopic (exact) mass is 606 g/mol. The Labute approximate surface area is 246 Å². The maximum absolute atomic E-state index is 14.1. The largest absolute Gasteiger partial charge is 0.490 e. The Morgan fingerprint density at radius 2 is 1.75 bits per heavy atom. The van der Waals surface area contributed by atoms with Crippen molar-refractivity contribution in [2.24, 2.45) is 5.10 Å². The number of para-hydroxylation sites is 1. The summed E-state index contributed by atoms with van der Waals surface area (Å²) < 4.78 is 66.6. The van der Waals surface area contributed by atoms with E-state index in [-0.39, 0.29) is 58.1 Å². The minimum absolute atomic E-state index is 0.0299. The molecule has 1 heterocycles. The van der Waals surface area contributed by atoms with Gasteiger partial charge in [-0.15, -0.1) is 0 Å². The van der Waals surface area contributed by atoms with Crippen molar-refractivity contribution in [3.8, 4) is 22.9 Å². The predicted octanol–water partition coefficient (Wildman–Crippen LogP) is 6.99. The third-order valence-electron chi connectivity index (χ3n) is 6.41. The van der Waals surface area contributed by atoms with Crippen LogP contribution in [0.1, 0.15) is 23.6 Å². The quantitative estimate of drug-likeness (QED) is 0.0775. The third kappa shape index (κ3) is 6.26. The molecular formula is C31H22F4N4O5. The van der Waals surface area contributed by atoms with Gasteiger partial charge in [0.2, 0.25) is 5.75 Å². The lowest BCUT2D eigenvalue weighted by Gasteiger charge is -2.14. The molecule has 1 aromatic heterocycles. The van der Waals surface area contributed by atoms with Crippen molar-refractivity contribution in [3.05, 3.63) is 128 Å². The second-order valence-electron chi connectivity index (χ2n) is 9.33. The van der Waals surface area contributed by atoms with Crippen LogP contribution >= 0.6 is 0 Å². The fraction of sp³-hybridized carbons (Fsp3) is 0.129. The summed E-state index contributed by atoms with van der Waals surface area (Å²) in [6.45, 7) is 1.43. The van der Waals surface area contributed by atoms with E-state index in [1.807, 2.05) is 0 Å². The summed E-state index contributed by atoms with van der Waals surface area (Å²) in [7, 11) is 0. The normalized spacial score (nSPS) is 11.7. The van der Waals surface area contributed by atoms with Crippen molar-refractivity contribution in [2.45, 2.75) is 19.7 Å². The van der Waals surface area contributed by atoms with Gasteiger partial charge in [0.1, 0.15) is 12.4 Å². The van der Waals surface area contributed by atoms with E-state index in [4.69, 9.17) is 9.47 Å². The number of hydrogen-bond donors (Lipinski definition) is 0. The summed E-state index contributed by atoms with van der Waals surface area (Å²) >= 11 is 0. The van der Waals surface area contributed by atoms with Crippen LogP contribution in [0.2, 0.25) is 0 Å². The van der Waals surface area contributed by atoms with Crippen molar-refractivity contribution < 1.29 is 32.0 Å². The van der Waals surface area contributed by atoms with E-state index in [2.05, 4.69) is 10.1 Å². The molecule has 13 heteroatoms. The van der Waals surface area contributed by atoms with Crippen LogP contribution in [-0.4, -0.2) is 27.4 Å². The van der Waals surface area contributed by atoms with Crippen LogP contribution in [0.15, 0.2) is 94.8 Å². The second kappa shape index (κ2) is 12.3. The highest BCUT2D eigenvalue weighted by Gasteiger charge is 2.31. The molecule has 0 atom stereocenters. The Kier molecular flexibility index (Phi) is 8.38. The van der Waals surface area contributed by atoms with Gasteiger partial charge in [0, 0.05) is 22.8 Å². The van der Waals surface area contributed by atoms with Gasteiger partial charge in [0.15, 0.2) is 11.6 Å². The summed E-state index contributed by atoms with van der Waals surface area (Å²) in [5.41, 5.74) is -1.66. The van der Waals surface area contributed by atoms with Crippen LogP contribution in [0.4, 0.5) is 23.2 Å². The first-order chi connectivity index (χ1) is 21.1. The summed E-state index contributed by atoms with van der Waals surface area (Å²) in [5, 5.41) is 16.4. The molecule has 0 saturated heterocycles. The molecule has 0 fully saturated rings. The standard InChI is InChI=1S/C31H22F4N4O5/c1-2-43-27-15-19(14-26(39(41)42)28(27)44-18-21-8-3-5-12-24(21)32)17-36-38-29(20-9-7-10-22(16-20)31(33,34)35)37-25-13-6-4-11-23(25)30(38)40/h3-17H,2,18H2,1H3. The highest BCUT2D eigenvalue weighted by molar-refractivity contribution is 5.84. The van der Waals surface area contributed by atoms with Gasteiger partial charge in [-0.2, -0.15) is 22.9 Å². The average Bonchev–Trinajstić information content (AvgIpc) is 3.00. The Hall–Kier alpha value is -5.59. The highest BCUT2D eigenvalue weighted by atomic mass is 19.4. The van der Waals surface area contributed by atoms with Gasteiger partial charge in [-0.05, 0) is 43.3 Å². The number of ether oxygens (including phenoxy) is 2. The Bertz CT molecular complexity index is 1960. The van der Waals surface area contributed by atoms with Crippen LogP contribution in [0.5, 0.6) is 11.5 Å². The third-order valence-corrected chi connectivity index (χ3v) is 6.41. The molecule has 0 N–H and O–H groups in total. The van der Waals surface area contributed by atoms with E-state index in [9.17, 15) is 32.5 Å². The summed E-state index contributed by atoms with van der Waals surface area (Å²) in [6, 6.07) is 18.8. The van der Waals surface area contributed by atoms with E-state index in [0.717, 1.165) is 29.1 Å². The van der Waals surface area contributed by atoms with Crippen LogP contribution in [-0.2, 0) is 12.8 Å². The number of nitro groups is 1. The second-order valence-corrected chi connectivity index (χ2v) is 9.33. The van der Waals surface area contributed by atoms with Crippen molar-refractivity contribution in [1.82, 2.24) is 9.66 Å². The van der Waals surface area contributed by atoms with Gasteiger partial charge < -0.3 is 9.47 Å². The van der Waals surface area contributed by atoms with Crippen LogP contribution in [0.25, 0.3) is 22.3 Å². The number of nitrogens with zero attached hydrogens (tertiary/aromatic N) is 4. The SMILES string of the molecule is CCOc1cc(C=Nn2c(-c3cccc(C(F)(F)F)c3)nc3ccccc3c2=O)cc([N+](=O)[O-])c1OCc1ccccc1F. The molecule has 0 spiro atoms. The van der Waals surface area contributed by atoms with Gasteiger partial charge in [-0.25, -0.2) is 9.37 Å². The summed E-state index contributed by atoms with van der Waals surface area (Å²) in [4.78, 5) is 29.2. The lowest BCUT2D eigenvalue weighted by Crippen LogP contribution is -2.20. The first-order valence-electron chi connectivity index (χ1n) is 13.1. The summed E-state index contributed by atoms with van der Waals surface area (Å²) in [5.74, 6) is -1.02. The fourth-order valence-corrected chi connectivity index (χ4v) is 4.37. The molecule has 4 aromatic carbocycles. The van der Waals surface area contributed by atoms with Gasteiger partial charge in [0.25, 0.3) is 5.56 Å². The van der Waals surface area contributed by atoms with Crippen molar-refractivity contribution in [3.63, 3.8) is 0 Å². The minimum Gasteiger partial charge on any atom is -0.490 e. The minimum atomic E-state index is -4.65. The number of nitro benzene ring substituents is 1. The average molecular weight is 607 g/mol. The molecule has 9 nitrogen and oxygen atoms in total. The molecule has 0 aliphatic carbocycles. The molecule has 224 valence electrons. The van der Waals surface area contributed by atoms with Crippen molar-refractivity contribution in [1.29, 1.82) is 0 Å².